The van der Waals surface area contributed by atoms with Crippen molar-refractivity contribution < 1.29 is 0 Å². The fourth-order valence-electron chi connectivity index (χ4n) is 1.65. The Kier molecular flexibility index (Phi) is 3.98. The fraction of sp³-hybridized carbons (Fsp3) is 0.333. The Morgan fingerprint density at radius 2 is 2.19 bits per heavy atom. The Balaban J connectivity index is 1.96. The highest BCUT2D eigenvalue weighted by molar-refractivity contribution is 7.10. The van der Waals surface area contributed by atoms with Gasteiger partial charge in [0, 0.05) is 28.0 Å². The lowest BCUT2D eigenvalue weighted by atomic mass is 10.2. The third-order valence-corrected chi connectivity index (χ3v) is 4.51. The van der Waals surface area contributed by atoms with Crippen molar-refractivity contribution in [3.63, 3.8) is 0 Å². The monoisotopic (exact) mass is 252 g/mol. The third kappa shape index (κ3) is 2.64. The van der Waals surface area contributed by atoms with E-state index in [2.05, 4.69) is 29.8 Å². The summed E-state index contributed by atoms with van der Waals surface area (Å²) in [5, 5.41) is 7.72. The Hall–Kier alpha value is -0.840. The summed E-state index contributed by atoms with van der Waals surface area (Å²) in [7, 11) is 0. The van der Waals surface area contributed by atoms with Gasteiger partial charge in [-0.05, 0) is 29.3 Å². The number of hydrogen-bond acceptors (Lipinski definition) is 4. The predicted molar refractivity (Wildman–Crippen MR) is 72.9 cm³/mol. The first-order valence-electron chi connectivity index (χ1n) is 5.40. The molecule has 0 aliphatic rings. The molecule has 0 aliphatic heterocycles. The minimum Gasteiger partial charge on any atom is -0.398 e. The molecule has 2 aromatic heterocycles. The quantitative estimate of drug-likeness (QED) is 0.852. The Bertz CT molecular complexity index is 420. The molecule has 0 saturated heterocycles. The van der Waals surface area contributed by atoms with Crippen LogP contribution in [0.4, 0.5) is 5.69 Å². The Morgan fingerprint density at radius 3 is 2.75 bits per heavy atom. The maximum absolute atomic E-state index is 5.86. The van der Waals surface area contributed by atoms with Crippen molar-refractivity contribution in [3.05, 3.63) is 38.7 Å². The number of nitrogen functional groups attached to an aromatic ring is 1. The third-order valence-electron chi connectivity index (χ3n) is 2.58. The van der Waals surface area contributed by atoms with Crippen LogP contribution in [0.5, 0.6) is 0 Å². The van der Waals surface area contributed by atoms with Crippen LogP contribution in [0.3, 0.4) is 0 Å². The standard InChI is InChI=1S/C12H16N2S2/c1-2-10(11-4-3-6-15-11)14-8-12-9(13)5-7-16-12/h3-7,10,14H,2,8,13H2,1H3. The summed E-state index contributed by atoms with van der Waals surface area (Å²) in [6.45, 7) is 3.06. The Labute approximate surface area is 104 Å². The fourth-order valence-corrected chi connectivity index (χ4v) is 3.28. The van der Waals surface area contributed by atoms with Gasteiger partial charge in [-0.15, -0.1) is 22.7 Å². The van der Waals surface area contributed by atoms with Crippen molar-refractivity contribution in [2.45, 2.75) is 25.9 Å². The maximum Gasteiger partial charge on any atom is 0.0468 e. The summed E-state index contributed by atoms with van der Waals surface area (Å²) >= 11 is 3.52. The lowest BCUT2D eigenvalue weighted by molar-refractivity contribution is 0.530. The molecule has 16 heavy (non-hydrogen) atoms. The second kappa shape index (κ2) is 5.48. The van der Waals surface area contributed by atoms with Gasteiger partial charge in [0.15, 0.2) is 0 Å². The molecule has 1 atom stereocenters. The zero-order chi connectivity index (χ0) is 11.4. The van der Waals surface area contributed by atoms with Crippen molar-refractivity contribution in [1.29, 1.82) is 0 Å². The lowest BCUT2D eigenvalue weighted by Crippen LogP contribution is -2.19. The minimum absolute atomic E-state index is 0.446. The summed E-state index contributed by atoms with van der Waals surface area (Å²) in [5.74, 6) is 0. The van der Waals surface area contributed by atoms with Crippen LogP contribution in [0.1, 0.15) is 29.1 Å². The van der Waals surface area contributed by atoms with Crippen molar-refractivity contribution >= 4 is 28.4 Å². The van der Waals surface area contributed by atoms with E-state index in [0.29, 0.717) is 6.04 Å². The summed E-state index contributed by atoms with van der Waals surface area (Å²) < 4.78 is 0. The molecular weight excluding hydrogens is 236 g/mol. The molecule has 0 aliphatic carbocycles. The zero-order valence-electron chi connectivity index (χ0n) is 9.27. The number of hydrogen-bond donors (Lipinski definition) is 2. The normalized spacial score (nSPS) is 12.8. The van der Waals surface area contributed by atoms with Gasteiger partial charge in [-0.3, -0.25) is 0 Å². The second-order valence-electron chi connectivity index (χ2n) is 3.66. The molecule has 86 valence electrons. The van der Waals surface area contributed by atoms with Crippen LogP contribution < -0.4 is 11.1 Å². The van der Waals surface area contributed by atoms with Gasteiger partial charge in [0.05, 0.1) is 0 Å². The molecule has 2 heterocycles. The number of nitrogens with one attached hydrogen (secondary N) is 1. The van der Waals surface area contributed by atoms with Gasteiger partial charge in [-0.25, -0.2) is 0 Å². The van der Waals surface area contributed by atoms with Crippen LogP contribution in [0.2, 0.25) is 0 Å². The first kappa shape index (κ1) is 11.6. The van der Waals surface area contributed by atoms with Gasteiger partial charge in [0.2, 0.25) is 0 Å². The Morgan fingerprint density at radius 1 is 1.31 bits per heavy atom. The molecule has 0 aromatic carbocycles. The topological polar surface area (TPSA) is 38.0 Å². The lowest BCUT2D eigenvalue weighted by Gasteiger charge is -2.14. The first-order valence-corrected chi connectivity index (χ1v) is 7.15. The SMILES string of the molecule is CCC(NCc1sccc1N)c1cccs1. The summed E-state index contributed by atoms with van der Waals surface area (Å²) in [5.41, 5.74) is 6.76. The highest BCUT2D eigenvalue weighted by Crippen LogP contribution is 2.24. The van der Waals surface area contributed by atoms with E-state index in [9.17, 15) is 0 Å². The van der Waals surface area contributed by atoms with Gasteiger partial charge >= 0.3 is 0 Å². The van der Waals surface area contributed by atoms with Gasteiger partial charge in [-0.2, -0.15) is 0 Å². The van der Waals surface area contributed by atoms with Crippen LogP contribution in [-0.4, -0.2) is 0 Å². The van der Waals surface area contributed by atoms with Crippen LogP contribution in [0.25, 0.3) is 0 Å². The van der Waals surface area contributed by atoms with Gasteiger partial charge in [-0.1, -0.05) is 13.0 Å². The van der Waals surface area contributed by atoms with Gasteiger partial charge < -0.3 is 11.1 Å². The molecule has 0 fully saturated rings. The molecule has 0 bridgehead atoms. The van der Waals surface area contributed by atoms with Crippen molar-refractivity contribution in [1.82, 2.24) is 5.32 Å². The highest BCUT2D eigenvalue weighted by atomic mass is 32.1. The summed E-state index contributed by atoms with van der Waals surface area (Å²) in [4.78, 5) is 2.63. The van der Waals surface area contributed by atoms with E-state index < -0.39 is 0 Å². The smallest absolute Gasteiger partial charge is 0.0468 e. The molecule has 4 heteroatoms. The van der Waals surface area contributed by atoms with Crippen LogP contribution in [0, 0.1) is 0 Å². The van der Waals surface area contributed by atoms with E-state index in [1.807, 2.05) is 11.4 Å². The van der Waals surface area contributed by atoms with Crippen molar-refractivity contribution in [2.24, 2.45) is 0 Å². The van der Waals surface area contributed by atoms with E-state index >= 15 is 0 Å². The highest BCUT2D eigenvalue weighted by Gasteiger charge is 2.10. The molecule has 0 spiro atoms. The van der Waals surface area contributed by atoms with Gasteiger partial charge in [0.1, 0.15) is 0 Å². The van der Waals surface area contributed by atoms with Crippen LogP contribution in [0.15, 0.2) is 29.0 Å². The molecule has 3 N–H and O–H groups in total. The molecular formula is C12H16N2S2. The number of thiophene rings is 2. The van der Waals surface area contributed by atoms with E-state index in [1.54, 1.807) is 22.7 Å². The predicted octanol–water partition coefficient (Wildman–Crippen LogP) is 3.63. The molecule has 0 saturated carbocycles. The number of nitrogens with two attached hydrogens (primary N) is 1. The number of anilines is 1. The molecule has 2 rings (SSSR count). The molecule has 2 aromatic rings. The molecule has 2 nitrogen and oxygen atoms in total. The van der Waals surface area contributed by atoms with Gasteiger partial charge in [0.25, 0.3) is 0 Å². The van der Waals surface area contributed by atoms with Crippen LogP contribution >= 0.6 is 22.7 Å². The van der Waals surface area contributed by atoms with E-state index in [1.165, 1.54) is 9.75 Å². The second-order valence-corrected chi connectivity index (χ2v) is 5.64. The summed E-state index contributed by atoms with van der Waals surface area (Å²) in [6.07, 6.45) is 1.10. The average Bonchev–Trinajstić information content (AvgIpc) is 2.92. The van der Waals surface area contributed by atoms with E-state index in [0.717, 1.165) is 18.7 Å². The van der Waals surface area contributed by atoms with Crippen molar-refractivity contribution in [2.75, 3.05) is 5.73 Å². The molecule has 0 radical (unpaired) electrons. The zero-order valence-corrected chi connectivity index (χ0v) is 10.9. The van der Waals surface area contributed by atoms with E-state index in [-0.39, 0.29) is 0 Å². The molecule has 0 amide bonds. The van der Waals surface area contributed by atoms with Crippen molar-refractivity contribution in [3.8, 4) is 0 Å². The van der Waals surface area contributed by atoms with Crippen LogP contribution in [-0.2, 0) is 6.54 Å². The minimum atomic E-state index is 0.446. The largest absolute Gasteiger partial charge is 0.398 e. The summed E-state index contributed by atoms with van der Waals surface area (Å²) in [6, 6.07) is 6.70. The average molecular weight is 252 g/mol. The molecule has 1 unspecified atom stereocenters. The maximum atomic E-state index is 5.86. The number of rotatable bonds is 5. The van der Waals surface area contributed by atoms with E-state index in [4.69, 9.17) is 5.73 Å². The first-order chi connectivity index (χ1) is 7.81.